The second-order valence-electron chi connectivity index (χ2n) is 6.24. The van der Waals surface area contributed by atoms with Gasteiger partial charge < -0.3 is 25.6 Å². The molecule has 170 valence electrons. The third-order valence-electron chi connectivity index (χ3n) is 3.69. The van der Waals surface area contributed by atoms with E-state index in [9.17, 15) is 24.0 Å². The average Bonchev–Trinajstić information content (AvgIpc) is 2.67. The zero-order chi connectivity index (χ0) is 23.1. The summed E-state index contributed by atoms with van der Waals surface area (Å²) in [6, 6.07) is -0.989. The van der Waals surface area contributed by atoms with Crippen molar-refractivity contribution >= 4 is 51.3 Å². The highest BCUT2D eigenvalue weighted by Gasteiger charge is 2.23. The maximum atomic E-state index is 12.2. The van der Waals surface area contributed by atoms with Gasteiger partial charge in [0.15, 0.2) is 0 Å². The lowest BCUT2D eigenvalue weighted by Crippen LogP contribution is -2.49. The Morgan fingerprint density at radius 3 is 2.33 bits per heavy atom. The number of hydrogen-bond donors (Lipinski definition) is 4. The van der Waals surface area contributed by atoms with E-state index >= 15 is 0 Å². The van der Waals surface area contributed by atoms with Crippen molar-refractivity contribution in [3.8, 4) is 0 Å². The van der Waals surface area contributed by atoms with Crippen molar-refractivity contribution in [1.29, 1.82) is 0 Å². The van der Waals surface area contributed by atoms with E-state index in [0.29, 0.717) is 17.7 Å². The van der Waals surface area contributed by atoms with Crippen LogP contribution in [0.1, 0.15) is 33.1 Å². The zero-order valence-corrected chi connectivity index (χ0v) is 18.6. The van der Waals surface area contributed by atoms with Gasteiger partial charge in [-0.1, -0.05) is 35.1 Å². The van der Waals surface area contributed by atoms with Crippen LogP contribution in [-0.2, 0) is 28.7 Å². The zero-order valence-electron chi connectivity index (χ0n) is 17.0. The van der Waals surface area contributed by atoms with Gasteiger partial charge in [0.25, 0.3) is 0 Å². The molecule has 0 aliphatic rings. The first kappa shape index (κ1) is 27.8. The minimum atomic E-state index is -1.22. The highest BCUT2D eigenvalue weighted by Crippen LogP contribution is 2.22. The van der Waals surface area contributed by atoms with Crippen LogP contribution in [0.25, 0.3) is 0 Å². The number of aliphatic carboxylic acids is 2. The molecule has 0 bridgehead atoms. The number of carbonyl (C=O) groups excluding carboxylic acids is 3. The van der Waals surface area contributed by atoms with Crippen molar-refractivity contribution in [1.82, 2.24) is 10.6 Å². The van der Waals surface area contributed by atoms with Gasteiger partial charge in [-0.3, -0.25) is 19.2 Å². The predicted octanol–water partition coefficient (Wildman–Crippen LogP) is 1.06. The van der Waals surface area contributed by atoms with Crippen molar-refractivity contribution in [3.05, 3.63) is 12.2 Å². The Morgan fingerprint density at radius 2 is 1.80 bits per heavy atom. The first-order chi connectivity index (χ1) is 14.1. The maximum absolute atomic E-state index is 12.2. The molecule has 0 saturated heterocycles. The van der Waals surface area contributed by atoms with Gasteiger partial charge in [-0.25, -0.2) is 4.79 Å². The van der Waals surface area contributed by atoms with Crippen LogP contribution < -0.4 is 10.6 Å². The Labute approximate surface area is 183 Å². The van der Waals surface area contributed by atoms with Crippen molar-refractivity contribution in [3.63, 3.8) is 0 Å². The van der Waals surface area contributed by atoms with Crippen molar-refractivity contribution in [2.75, 3.05) is 24.7 Å². The van der Waals surface area contributed by atoms with Gasteiger partial charge in [-0.2, -0.15) is 0 Å². The van der Waals surface area contributed by atoms with Gasteiger partial charge in [0, 0.05) is 23.5 Å². The lowest BCUT2D eigenvalue weighted by molar-refractivity contribution is -0.142. The van der Waals surface area contributed by atoms with E-state index in [1.807, 2.05) is 0 Å². The lowest BCUT2D eigenvalue weighted by Gasteiger charge is -2.18. The molecule has 0 saturated carbocycles. The summed E-state index contributed by atoms with van der Waals surface area (Å²) in [5, 5.41) is 22.5. The fraction of sp³-hybridized carbons (Fsp3) is 0.611. The van der Waals surface area contributed by atoms with Crippen LogP contribution in [0.15, 0.2) is 12.2 Å². The number of carboxylic acid groups (broad SMARTS) is 2. The van der Waals surface area contributed by atoms with E-state index in [1.54, 1.807) is 6.92 Å². The topological polar surface area (TPSA) is 159 Å². The van der Waals surface area contributed by atoms with Crippen molar-refractivity contribution < 1.29 is 38.9 Å². The smallest absolute Gasteiger partial charge is 0.333 e. The molecule has 0 heterocycles. The summed E-state index contributed by atoms with van der Waals surface area (Å²) < 4.78 is 4.94. The Morgan fingerprint density at radius 1 is 1.13 bits per heavy atom. The fourth-order valence-electron chi connectivity index (χ4n) is 2.01. The molecule has 0 aromatic carbocycles. The van der Waals surface area contributed by atoms with Crippen LogP contribution in [0.4, 0.5) is 0 Å². The molecule has 0 aromatic heterocycles. The van der Waals surface area contributed by atoms with Crippen LogP contribution in [0.5, 0.6) is 0 Å². The monoisotopic (exact) mass is 464 g/mol. The Kier molecular flexibility index (Phi) is 14.5. The minimum Gasteiger partial charge on any atom is -0.481 e. The fourth-order valence-corrected chi connectivity index (χ4v) is 4.00. The number of nitrogens with one attached hydrogen (secondary N) is 2. The van der Waals surface area contributed by atoms with E-state index in [2.05, 4.69) is 17.2 Å². The third-order valence-corrected chi connectivity index (χ3v) is 6.07. The van der Waals surface area contributed by atoms with Crippen LogP contribution in [0, 0.1) is 5.92 Å². The standard InChI is InChI=1S/C18H28N2O8S2/c1-4-12(17(25)26)5-6-14(21)20-13(16(24)19-9-15(22)23)10-30-29-8-7-28-18(27)11(2)3/h12-13H,2,4-10H2,1,3H3,(H,19,24)(H,20,21)(H,22,23)(H,25,26). The number of ether oxygens (including phenoxy) is 1. The van der Waals surface area contributed by atoms with Gasteiger partial charge in [0.1, 0.15) is 19.2 Å². The molecule has 30 heavy (non-hydrogen) atoms. The summed E-state index contributed by atoms with van der Waals surface area (Å²) in [6.45, 7) is 6.27. The summed E-state index contributed by atoms with van der Waals surface area (Å²) in [5.74, 6) is -3.91. The Balaban J connectivity index is 4.56. The number of amides is 2. The molecule has 0 aliphatic heterocycles. The Hall–Kier alpha value is -2.21. The molecule has 10 nitrogen and oxygen atoms in total. The van der Waals surface area contributed by atoms with E-state index in [1.165, 1.54) is 28.5 Å². The lowest BCUT2D eigenvalue weighted by atomic mass is 10.0. The molecule has 12 heteroatoms. The molecular weight excluding hydrogens is 436 g/mol. The molecule has 2 unspecified atom stereocenters. The van der Waals surface area contributed by atoms with E-state index in [0.717, 1.165) is 0 Å². The molecule has 2 atom stereocenters. The predicted molar refractivity (Wildman–Crippen MR) is 114 cm³/mol. The van der Waals surface area contributed by atoms with Gasteiger partial charge in [-0.05, 0) is 19.8 Å². The average molecular weight is 465 g/mol. The SMILES string of the molecule is C=C(C)C(=O)OCCSSCC(NC(=O)CCC(CC)C(=O)O)C(=O)NCC(=O)O. The summed E-state index contributed by atoms with van der Waals surface area (Å²) in [6.07, 6.45) is 0.451. The number of hydrogen-bond acceptors (Lipinski definition) is 8. The van der Waals surface area contributed by atoms with E-state index < -0.39 is 48.2 Å². The molecule has 2 amide bonds. The number of rotatable bonds is 16. The van der Waals surface area contributed by atoms with E-state index in [-0.39, 0.29) is 25.2 Å². The third kappa shape index (κ3) is 13.1. The highest BCUT2D eigenvalue weighted by atomic mass is 33.1. The van der Waals surface area contributed by atoms with Crippen LogP contribution in [-0.4, -0.2) is 70.6 Å². The molecule has 0 aliphatic carbocycles. The minimum absolute atomic E-state index is 0.0673. The van der Waals surface area contributed by atoms with E-state index in [4.69, 9.17) is 14.9 Å². The van der Waals surface area contributed by atoms with Crippen LogP contribution in [0.3, 0.4) is 0 Å². The Bertz CT molecular complexity index is 642. The molecule has 0 rings (SSSR count). The van der Waals surface area contributed by atoms with Crippen LogP contribution >= 0.6 is 21.6 Å². The molecule has 0 radical (unpaired) electrons. The normalized spacial score (nSPS) is 12.3. The van der Waals surface area contributed by atoms with Crippen LogP contribution in [0.2, 0.25) is 0 Å². The summed E-state index contributed by atoms with van der Waals surface area (Å²) in [7, 11) is 2.56. The number of carbonyl (C=O) groups is 5. The maximum Gasteiger partial charge on any atom is 0.333 e. The van der Waals surface area contributed by atoms with Crippen molar-refractivity contribution in [2.45, 2.75) is 39.2 Å². The molecule has 0 fully saturated rings. The molecule has 0 spiro atoms. The van der Waals surface area contributed by atoms with Crippen molar-refractivity contribution in [2.24, 2.45) is 5.92 Å². The first-order valence-electron chi connectivity index (χ1n) is 9.17. The number of carboxylic acids is 2. The first-order valence-corrected chi connectivity index (χ1v) is 11.7. The number of esters is 1. The van der Waals surface area contributed by atoms with Gasteiger partial charge in [0.2, 0.25) is 11.8 Å². The summed E-state index contributed by atoms with van der Waals surface area (Å²) >= 11 is 0. The van der Waals surface area contributed by atoms with Gasteiger partial charge in [-0.15, -0.1) is 0 Å². The van der Waals surface area contributed by atoms with Gasteiger partial charge >= 0.3 is 17.9 Å². The summed E-state index contributed by atoms with van der Waals surface area (Å²) in [4.78, 5) is 57.3. The molecular formula is C18H28N2O8S2. The summed E-state index contributed by atoms with van der Waals surface area (Å²) in [5.41, 5.74) is 0.291. The molecule has 0 aromatic rings. The van der Waals surface area contributed by atoms with Gasteiger partial charge in [0.05, 0.1) is 5.92 Å². The quantitative estimate of drug-likeness (QED) is 0.113. The second-order valence-corrected chi connectivity index (χ2v) is 8.86. The molecule has 4 N–H and O–H groups in total. The second kappa shape index (κ2) is 15.6. The highest BCUT2D eigenvalue weighted by molar-refractivity contribution is 8.76. The largest absolute Gasteiger partial charge is 0.481 e.